The first-order chi connectivity index (χ1) is 17.5. The molecule has 0 bridgehead atoms. The van der Waals surface area contributed by atoms with Crippen LogP contribution in [-0.4, -0.2) is 24.2 Å². The van der Waals surface area contributed by atoms with E-state index in [4.69, 9.17) is 21.7 Å². The van der Waals surface area contributed by atoms with Gasteiger partial charge < -0.3 is 14.8 Å². The van der Waals surface area contributed by atoms with Gasteiger partial charge >= 0.3 is 0 Å². The van der Waals surface area contributed by atoms with Gasteiger partial charge in [0.1, 0.15) is 11.5 Å². The van der Waals surface area contributed by atoms with Crippen molar-refractivity contribution in [3.05, 3.63) is 88.4 Å². The van der Waals surface area contributed by atoms with Crippen LogP contribution < -0.4 is 20.1 Å². The van der Waals surface area contributed by atoms with Crippen LogP contribution in [0.5, 0.6) is 11.5 Å². The molecule has 7 heteroatoms. The Morgan fingerprint density at radius 3 is 2.50 bits per heavy atom. The topological polar surface area (TPSA) is 59.6 Å². The van der Waals surface area contributed by atoms with Gasteiger partial charge in [-0.3, -0.25) is 10.1 Å². The third kappa shape index (κ3) is 9.63. The van der Waals surface area contributed by atoms with Crippen molar-refractivity contribution < 1.29 is 14.3 Å². The van der Waals surface area contributed by atoms with Gasteiger partial charge in [-0.25, -0.2) is 0 Å². The number of carbonyl (C=O) groups is 1. The number of ether oxygens (including phenoxy) is 2. The van der Waals surface area contributed by atoms with Crippen LogP contribution >= 0.6 is 28.1 Å². The summed E-state index contributed by atoms with van der Waals surface area (Å²) in [5, 5.41) is 6.02. The number of unbranched alkanes of at least 4 members (excludes halogenated alkanes) is 4. The zero-order valence-corrected chi connectivity index (χ0v) is 23.0. The molecular weight excluding hydrogens is 536 g/mol. The summed E-state index contributed by atoms with van der Waals surface area (Å²) in [6.07, 6.45) is 6.70. The second kappa shape index (κ2) is 15.3. The zero-order valence-electron chi connectivity index (χ0n) is 20.6. The fourth-order valence-corrected chi connectivity index (χ4v) is 4.19. The van der Waals surface area contributed by atoms with Crippen molar-refractivity contribution in [2.24, 2.45) is 0 Å². The number of rotatable bonds is 13. The Bertz CT molecular complexity index is 1120. The molecule has 2 N–H and O–H groups in total. The van der Waals surface area contributed by atoms with Gasteiger partial charge in [0, 0.05) is 22.6 Å². The molecule has 0 aromatic heterocycles. The molecule has 36 heavy (non-hydrogen) atoms. The highest BCUT2D eigenvalue weighted by Gasteiger charge is 2.15. The summed E-state index contributed by atoms with van der Waals surface area (Å²) < 4.78 is 12.6. The van der Waals surface area contributed by atoms with E-state index in [9.17, 15) is 4.79 Å². The minimum Gasteiger partial charge on any atom is -0.494 e. The second-order valence-corrected chi connectivity index (χ2v) is 9.75. The lowest BCUT2D eigenvalue weighted by Crippen LogP contribution is -2.34. The van der Waals surface area contributed by atoms with Gasteiger partial charge in [0.15, 0.2) is 5.11 Å². The SMILES string of the molecule is CCCCCCCOc1cccc(NC(=S)NC(=O)c2cc(Br)ccc2OCCc2ccccc2)c1. The number of nitrogens with one attached hydrogen (secondary N) is 2. The molecule has 190 valence electrons. The number of thiocarbonyl (C=S) groups is 1. The van der Waals surface area contributed by atoms with E-state index in [-0.39, 0.29) is 11.0 Å². The van der Waals surface area contributed by atoms with E-state index in [0.717, 1.165) is 28.8 Å². The van der Waals surface area contributed by atoms with E-state index >= 15 is 0 Å². The standard InChI is InChI=1S/C29H33BrN2O3S/c1-2-3-4-5-9-18-34-25-14-10-13-24(21-25)31-29(36)32-28(33)26-20-23(30)15-16-27(26)35-19-17-22-11-7-6-8-12-22/h6-8,10-16,20-21H,2-5,9,17-19H2,1H3,(H2,31,32,33,36). The van der Waals surface area contributed by atoms with Crippen LogP contribution in [0.2, 0.25) is 0 Å². The maximum atomic E-state index is 13.0. The summed E-state index contributed by atoms with van der Waals surface area (Å²) in [6, 6.07) is 23.0. The van der Waals surface area contributed by atoms with Crippen molar-refractivity contribution in [3.8, 4) is 11.5 Å². The average molecular weight is 570 g/mol. The zero-order chi connectivity index (χ0) is 25.6. The number of amides is 1. The molecule has 3 aromatic carbocycles. The number of halogens is 1. The van der Waals surface area contributed by atoms with E-state index in [1.807, 2.05) is 48.5 Å². The summed E-state index contributed by atoms with van der Waals surface area (Å²) in [5.41, 5.74) is 2.33. The Morgan fingerprint density at radius 1 is 0.889 bits per heavy atom. The summed E-state index contributed by atoms with van der Waals surface area (Å²) in [5.74, 6) is 0.928. The minimum atomic E-state index is -0.344. The first-order valence-electron chi connectivity index (χ1n) is 12.4. The number of hydrogen-bond acceptors (Lipinski definition) is 4. The van der Waals surface area contributed by atoms with Gasteiger partial charge in [-0.15, -0.1) is 0 Å². The maximum Gasteiger partial charge on any atom is 0.261 e. The summed E-state index contributed by atoms with van der Waals surface area (Å²) >= 11 is 8.83. The average Bonchev–Trinajstić information content (AvgIpc) is 2.87. The Labute approximate surface area is 227 Å². The highest BCUT2D eigenvalue weighted by atomic mass is 79.9. The summed E-state index contributed by atoms with van der Waals surface area (Å²) in [7, 11) is 0. The molecule has 0 fully saturated rings. The highest BCUT2D eigenvalue weighted by Crippen LogP contribution is 2.24. The molecule has 0 saturated heterocycles. The predicted octanol–water partition coefficient (Wildman–Crippen LogP) is 7.55. The van der Waals surface area contributed by atoms with Crippen molar-refractivity contribution in [3.63, 3.8) is 0 Å². The maximum absolute atomic E-state index is 13.0. The number of hydrogen-bond donors (Lipinski definition) is 2. The Hall–Kier alpha value is -2.90. The number of carbonyl (C=O) groups excluding carboxylic acids is 1. The second-order valence-electron chi connectivity index (χ2n) is 8.42. The lowest BCUT2D eigenvalue weighted by atomic mass is 10.1. The van der Waals surface area contributed by atoms with Crippen LogP contribution in [0.4, 0.5) is 5.69 Å². The molecule has 0 aliphatic rings. The summed E-state index contributed by atoms with van der Waals surface area (Å²) in [4.78, 5) is 13.0. The predicted molar refractivity (Wildman–Crippen MR) is 154 cm³/mol. The third-order valence-corrected chi connectivity index (χ3v) is 6.21. The van der Waals surface area contributed by atoms with E-state index < -0.39 is 0 Å². The van der Waals surface area contributed by atoms with Gasteiger partial charge in [-0.1, -0.05) is 84.9 Å². The van der Waals surface area contributed by atoms with Crippen molar-refractivity contribution >= 4 is 44.9 Å². The van der Waals surface area contributed by atoms with Crippen molar-refractivity contribution in [1.82, 2.24) is 5.32 Å². The Kier molecular flexibility index (Phi) is 11.7. The minimum absolute atomic E-state index is 0.201. The van der Waals surface area contributed by atoms with Gasteiger partial charge in [-0.2, -0.15) is 0 Å². The molecule has 0 heterocycles. The van der Waals surface area contributed by atoms with Crippen molar-refractivity contribution in [2.45, 2.75) is 45.4 Å². The molecule has 1 amide bonds. The smallest absolute Gasteiger partial charge is 0.261 e. The van der Waals surface area contributed by atoms with Gasteiger partial charge in [0.2, 0.25) is 0 Å². The van der Waals surface area contributed by atoms with E-state index in [0.29, 0.717) is 24.5 Å². The lowest BCUT2D eigenvalue weighted by molar-refractivity contribution is 0.0973. The fourth-order valence-electron chi connectivity index (χ4n) is 3.62. The van der Waals surface area contributed by atoms with Crippen LogP contribution in [0.3, 0.4) is 0 Å². The molecule has 3 aromatic rings. The van der Waals surface area contributed by atoms with Crippen LogP contribution in [0, 0.1) is 0 Å². The van der Waals surface area contributed by atoms with Crippen LogP contribution in [0.15, 0.2) is 77.3 Å². The molecule has 0 aliphatic carbocycles. The third-order valence-electron chi connectivity index (χ3n) is 5.51. The lowest BCUT2D eigenvalue weighted by Gasteiger charge is -2.14. The van der Waals surface area contributed by atoms with Crippen LogP contribution in [-0.2, 0) is 6.42 Å². The Balaban J connectivity index is 1.52. The van der Waals surface area contributed by atoms with Crippen molar-refractivity contribution in [1.29, 1.82) is 0 Å². The molecule has 5 nitrogen and oxygen atoms in total. The molecule has 3 rings (SSSR count). The largest absolute Gasteiger partial charge is 0.494 e. The highest BCUT2D eigenvalue weighted by molar-refractivity contribution is 9.10. The van der Waals surface area contributed by atoms with E-state index in [1.54, 1.807) is 12.1 Å². The fraction of sp³-hybridized carbons (Fsp3) is 0.310. The number of benzene rings is 3. The monoisotopic (exact) mass is 568 g/mol. The first kappa shape index (κ1) is 27.7. The quantitative estimate of drug-likeness (QED) is 0.165. The molecule has 0 aliphatic heterocycles. The molecule has 0 radical (unpaired) electrons. The van der Waals surface area contributed by atoms with E-state index in [1.165, 1.54) is 31.2 Å². The molecule has 0 spiro atoms. The number of anilines is 1. The first-order valence-corrected chi connectivity index (χ1v) is 13.6. The van der Waals surface area contributed by atoms with Gasteiger partial charge in [0.25, 0.3) is 5.91 Å². The van der Waals surface area contributed by atoms with Gasteiger partial charge in [-0.05, 0) is 54.5 Å². The molecule has 0 atom stereocenters. The summed E-state index contributed by atoms with van der Waals surface area (Å²) in [6.45, 7) is 3.35. The van der Waals surface area contributed by atoms with Gasteiger partial charge in [0.05, 0.1) is 18.8 Å². The van der Waals surface area contributed by atoms with E-state index in [2.05, 4.69) is 45.6 Å². The molecular formula is C29H33BrN2O3S. The van der Waals surface area contributed by atoms with Crippen LogP contribution in [0.1, 0.15) is 54.9 Å². The van der Waals surface area contributed by atoms with Crippen molar-refractivity contribution in [2.75, 3.05) is 18.5 Å². The normalized spacial score (nSPS) is 10.5. The molecule has 0 saturated carbocycles. The molecule has 0 unspecified atom stereocenters. The Morgan fingerprint density at radius 2 is 1.69 bits per heavy atom. The van der Waals surface area contributed by atoms with Crippen LogP contribution in [0.25, 0.3) is 0 Å².